The molecule has 154 valence electrons. The van der Waals surface area contributed by atoms with E-state index in [-0.39, 0.29) is 6.03 Å². The third kappa shape index (κ3) is 4.76. The van der Waals surface area contributed by atoms with Gasteiger partial charge in [-0.2, -0.15) is 0 Å². The van der Waals surface area contributed by atoms with E-state index >= 15 is 0 Å². The summed E-state index contributed by atoms with van der Waals surface area (Å²) in [6.07, 6.45) is 4.57. The summed E-state index contributed by atoms with van der Waals surface area (Å²) in [6, 6.07) is 19.2. The number of aromatic nitrogens is 2. The molecule has 0 radical (unpaired) electrons. The second kappa shape index (κ2) is 9.39. The van der Waals surface area contributed by atoms with E-state index in [1.165, 1.54) is 19.3 Å². The molecule has 1 fully saturated rings. The lowest BCUT2D eigenvalue weighted by atomic mass is 10.1. The van der Waals surface area contributed by atoms with E-state index in [1.807, 2.05) is 60.7 Å². The lowest BCUT2D eigenvalue weighted by Crippen LogP contribution is -2.30. The van der Waals surface area contributed by atoms with Crippen molar-refractivity contribution in [2.45, 2.75) is 32.6 Å². The topological polar surface area (TPSA) is 70.2 Å². The molecule has 30 heavy (non-hydrogen) atoms. The van der Waals surface area contributed by atoms with Gasteiger partial charge in [-0.1, -0.05) is 37.3 Å². The average Bonchev–Trinajstić information content (AvgIpc) is 2.80. The van der Waals surface area contributed by atoms with Crippen LogP contribution in [0, 0.1) is 0 Å². The summed E-state index contributed by atoms with van der Waals surface area (Å²) in [5.74, 6) is 0.932. The number of piperidine rings is 1. The second-order valence-electron chi connectivity index (χ2n) is 7.50. The lowest BCUT2D eigenvalue weighted by molar-refractivity contribution is 0.262. The number of urea groups is 1. The molecule has 0 atom stereocenters. The fourth-order valence-electron chi connectivity index (χ4n) is 3.76. The largest absolute Gasteiger partial charge is 0.355 e. The van der Waals surface area contributed by atoms with Gasteiger partial charge in [0.15, 0.2) is 5.82 Å². The van der Waals surface area contributed by atoms with Crippen LogP contribution in [0.2, 0.25) is 0 Å². The van der Waals surface area contributed by atoms with Crippen molar-refractivity contribution in [3.05, 3.63) is 66.2 Å². The van der Waals surface area contributed by atoms with Gasteiger partial charge in [-0.05, 0) is 61.6 Å². The molecule has 1 aromatic heterocycles. The summed E-state index contributed by atoms with van der Waals surface area (Å²) in [5.41, 5.74) is 4.34. The minimum Gasteiger partial charge on any atom is -0.355 e. The number of nitrogens with one attached hydrogen (secondary N) is 2. The summed E-state index contributed by atoms with van der Waals surface area (Å²) in [6.45, 7) is 4.16. The van der Waals surface area contributed by atoms with E-state index in [2.05, 4.69) is 32.7 Å². The Hall–Kier alpha value is -3.41. The Morgan fingerprint density at radius 2 is 1.77 bits per heavy atom. The number of nitrogens with zero attached hydrogens (tertiary/aromatic N) is 3. The standard InChI is InChI=1S/C24H27N5O/c1-2-18-9-4-5-12-21(18)26-24(30)25-20-11-8-10-19(17-20)22-13-14-23(28-27-22)29-15-6-3-7-16-29/h4-5,8-14,17H,2-3,6-7,15-16H2,1H3,(H2,25,26,30). The van der Waals surface area contributed by atoms with Crippen molar-refractivity contribution in [2.75, 3.05) is 28.6 Å². The molecule has 1 aliphatic heterocycles. The number of rotatable bonds is 5. The highest BCUT2D eigenvalue weighted by atomic mass is 16.2. The molecule has 3 aromatic rings. The molecule has 0 bridgehead atoms. The van der Waals surface area contributed by atoms with Crippen LogP contribution in [0.5, 0.6) is 0 Å². The third-order valence-corrected chi connectivity index (χ3v) is 5.39. The number of anilines is 3. The number of hydrogen-bond donors (Lipinski definition) is 2. The molecule has 0 spiro atoms. The molecule has 2 N–H and O–H groups in total. The van der Waals surface area contributed by atoms with Crippen molar-refractivity contribution in [1.82, 2.24) is 10.2 Å². The molecule has 1 aliphatic rings. The Morgan fingerprint density at radius 1 is 0.933 bits per heavy atom. The molecule has 6 nitrogen and oxygen atoms in total. The van der Waals surface area contributed by atoms with E-state index in [9.17, 15) is 4.79 Å². The quantitative estimate of drug-likeness (QED) is 0.605. The SMILES string of the molecule is CCc1ccccc1NC(=O)Nc1cccc(-c2ccc(N3CCCCC3)nn2)c1. The van der Waals surface area contributed by atoms with Gasteiger partial charge < -0.3 is 15.5 Å². The first-order valence-corrected chi connectivity index (χ1v) is 10.6. The van der Waals surface area contributed by atoms with Gasteiger partial charge >= 0.3 is 6.03 Å². The Balaban J connectivity index is 1.44. The first kappa shape index (κ1) is 19.9. The molecule has 4 rings (SSSR count). The first-order chi connectivity index (χ1) is 14.7. The summed E-state index contributed by atoms with van der Waals surface area (Å²) in [4.78, 5) is 14.8. The number of amides is 2. The van der Waals surface area contributed by atoms with Crippen LogP contribution >= 0.6 is 0 Å². The van der Waals surface area contributed by atoms with Gasteiger partial charge in [-0.25, -0.2) is 4.79 Å². The number of aryl methyl sites for hydroxylation is 1. The molecule has 2 aromatic carbocycles. The van der Waals surface area contributed by atoms with E-state index in [0.29, 0.717) is 5.69 Å². The molecule has 0 unspecified atom stereocenters. The highest BCUT2D eigenvalue weighted by Gasteiger charge is 2.13. The monoisotopic (exact) mass is 401 g/mol. The van der Waals surface area contributed by atoms with Gasteiger partial charge in [-0.15, -0.1) is 10.2 Å². The van der Waals surface area contributed by atoms with Gasteiger partial charge in [0.05, 0.1) is 5.69 Å². The summed E-state index contributed by atoms with van der Waals surface area (Å²) < 4.78 is 0. The van der Waals surface area contributed by atoms with Gasteiger partial charge in [0, 0.05) is 30.0 Å². The Kier molecular flexibility index (Phi) is 6.23. The second-order valence-corrected chi connectivity index (χ2v) is 7.50. The molecule has 1 saturated heterocycles. The van der Waals surface area contributed by atoms with Crippen molar-refractivity contribution in [3.8, 4) is 11.3 Å². The third-order valence-electron chi connectivity index (χ3n) is 5.39. The molecule has 0 aliphatic carbocycles. The molecule has 6 heteroatoms. The maximum absolute atomic E-state index is 12.5. The highest BCUT2D eigenvalue weighted by molar-refractivity contribution is 6.00. The van der Waals surface area contributed by atoms with Crippen LogP contribution in [-0.4, -0.2) is 29.3 Å². The van der Waals surface area contributed by atoms with E-state index in [4.69, 9.17) is 0 Å². The number of carbonyl (C=O) groups excluding carboxylic acids is 1. The highest BCUT2D eigenvalue weighted by Crippen LogP contribution is 2.23. The Morgan fingerprint density at radius 3 is 2.53 bits per heavy atom. The summed E-state index contributed by atoms with van der Waals surface area (Å²) in [5, 5.41) is 14.7. The van der Waals surface area contributed by atoms with Gasteiger partial charge in [0.25, 0.3) is 0 Å². The fraction of sp³-hybridized carbons (Fsp3) is 0.292. The normalized spacial score (nSPS) is 13.7. The Labute approximate surface area is 177 Å². The van der Waals surface area contributed by atoms with Crippen molar-refractivity contribution < 1.29 is 4.79 Å². The van der Waals surface area contributed by atoms with E-state index in [1.54, 1.807) is 0 Å². The van der Waals surface area contributed by atoms with Gasteiger partial charge in [0.2, 0.25) is 0 Å². The molecule has 0 saturated carbocycles. The van der Waals surface area contributed by atoms with Crippen LogP contribution in [-0.2, 0) is 6.42 Å². The zero-order chi connectivity index (χ0) is 20.8. The number of para-hydroxylation sites is 1. The minimum absolute atomic E-state index is 0.264. The van der Waals surface area contributed by atoms with Crippen LogP contribution in [0.4, 0.5) is 22.0 Å². The molecule has 2 heterocycles. The maximum atomic E-state index is 12.5. The van der Waals surface area contributed by atoms with Gasteiger partial charge in [-0.3, -0.25) is 0 Å². The van der Waals surface area contributed by atoms with Crippen LogP contribution in [0.15, 0.2) is 60.7 Å². The molecular weight excluding hydrogens is 374 g/mol. The zero-order valence-corrected chi connectivity index (χ0v) is 17.3. The zero-order valence-electron chi connectivity index (χ0n) is 17.3. The molecular formula is C24H27N5O. The van der Waals surface area contributed by atoms with Crippen molar-refractivity contribution in [2.24, 2.45) is 0 Å². The lowest BCUT2D eigenvalue weighted by Gasteiger charge is -2.27. The first-order valence-electron chi connectivity index (χ1n) is 10.6. The predicted octanol–water partition coefficient (Wildman–Crippen LogP) is 5.34. The number of hydrogen-bond acceptors (Lipinski definition) is 4. The van der Waals surface area contributed by atoms with Crippen LogP contribution in [0.25, 0.3) is 11.3 Å². The number of carbonyl (C=O) groups is 1. The smallest absolute Gasteiger partial charge is 0.323 e. The Bertz CT molecular complexity index is 996. The molecule has 2 amide bonds. The van der Waals surface area contributed by atoms with Crippen LogP contribution < -0.4 is 15.5 Å². The van der Waals surface area contributed by atoms with E-state index in [0.717, 1.165) is 47.8 Å². The van der Waals surface area contributed by atoms with Crippen LogP contribution in [0.1, 0.15) is 31.7 Å². The average molecular weight is 402 g/mol. The van der Waals surface area contributed by atoms with Crippen molar-refractivity contribution in [3.63, 3.8) is 0 Å². The summed E-state index contributed by atoms with van der Waals surface area (Å²) >= 11 is 0. The summed E-state index contributed by atoms with van der Waals surface area (Å²) in [7, 11) is 0. The van der Waals surface area contributed by atoms with Crippen molar-refractivity contribution in [1.29, 1.82) is 0 Å². The van der Waals surface area contributed by atoms with E-state index < -0.39 is 0 Å². The fourth-order valence-corrected chi connectivity index (χ4v) is 3.76. The van der Waals surface area contributed by atoms with Crippen molar-refractivity contribution >= 4 is 23.2 Å². The number of benzene rings is 2. The predicted molar refractivity (Wildman–Crippen MR) is 122 cm³/mol. The van der Waals surface area contributed by atoms with Gasteiger partial charge in [0.1, 0.15) is 0 Å². The maximum Gasteiger partial charge on any atom is 0.323 e. The minimum atomic E-state index is -0.264. The van der Waals surface area contributed by atoms with Crippen LogP contribution in [0.3, 0.4) is 0 Å².